The number of hydrogen-bond acceptors (Lipinski definition) is 3. The van der Waals surface area contributed by atoms with E-state index in [1.165, 1.54) is 7.11 Å². The molecule has 1 aromatic carbocycles. The predicted octanol–water partition coefficient (Wildman–Crippen LogP) is 3.52. The molecule has 1 aromatic rings. The molecule has 24 heavy (non-hydrogen) atoms. The summed E-state index contributed by atoms with van der Waals surface area (Å²) in [5.41, 5.74) is 3.18. The van der Waals surface area contributed by atoms with E-state index in [0.29, 0.717) is 13.1 Å². The van der Waals surface area contributed by atoms with Crippen molar-refractivity contribution in [1.82, 2.24) is 4.90 Å². The van der Waals surface area contributed by atoms with Crippen LogP contribution in [0.15, 0.2) is 18.2 Å². The third-order valence-corrected chi connectivity index (χ3v) is 4.58. The molecule has 0 aromatic heterocycles. The Labute approximate surface area is 144 Å². The lowest BCUT2D eigenvalue weighted by atomic mass is 9.95. The predicted molar refractivity (Wildman–Crippen MR) is 95.2 cm³/mol. The number of methoxy groups -OCH3 is 1. The number of nitrogens with zero attached hydrogens (tertiary/aromatic N) is 2. The monoisotopic (exact) mass is 332 g/mol. The zero-order valence-electron chi connectivity index (χ0n) is 15.3. The molecule has 0 radical (unpaired) electrons. The normalized spacial score (nSPS) is 17.8. The van der Waals surface area contributed by atoms with E-state index in [-0.39, 0.29) is 24.0 Å². The van der Waals surface area contributed by atoms with E-state index in [9.17, 15) is 9.59 Å². The van der Waals surface area contributed by atoms with Gasteiger partial charge in [0.15, 0.2) is 0 Å². The Morgan fingerprint density at radius 2 is 2.00 bits per heavy atom. The van der Waals surface area contributed by atoms with Gasteiger partial charge in [-0.1, -0.05) is 12.1 Å². The Morgan fingerprint density at radius 1 is 1.29 bits per heavy atom. The maximum Gasteiger partial charge on any atom is 0.409 e. The van der Waals surface area contributed by atoms with E-state index in [2.05, 4.69) is 18.2 Å². The van der Waals surface area contributed by atoms with Crippen LogP contribution in [0.25, 0.3) is 0 Å². The Hall–Kier alpha value is -2.04. The molecule has 132 valence electrons. The molecule has 0 N–H and O–H groups in total. The lowest BCUT2D eigenvalue weighted by Crippen LogP contribution is -2.49. The van der Waals surface area contributed by atoms with Crippen molar-refractivity contribution in [3.8, 4) is 0 Å². The first-order valence-electron chi connectivity index (χ1n) is 8.58. The molecule has 1 heterocycles. The van der Waals surface area contributed by atoms with Crippen LogP contribution in [-0.2, 0) is 9.53 Å². The second-order valence-electron chi connectivity index (χ2n) is 6.85. The Balaban J connectivity index is 2.26. The first kappa shape index (κ1) is 18.3. The molecular weight excluding hydrogens is 304 g/mol. The smallest absolute Gasteiger partial charge is 0.409 e. The minimum Gasteiger partial charge on any atom is -0.453 e. The van der Waals surface area contributed by atoms with E-state index in [4.69, 9.17) is 4.74 Å². The van der Waals surface area contributed by atoms with Gasteiger partial charge in [0.1, 0.15) is 0 Å². The molecule has 1 unspecified atom stereocenters. The van der Waals surface area contributed by atoms with Crippen LogP contribution in [0.1, 0.15) is 37.8 Å². The topological polar surface area (TPSA) is 49.9 Å². The maximum atomic E-state index is 13.2. The lowest BCUT2D eigenvalue weighted by molar-refractivity contribution is -0.124. The number of likely N-dealkylation sites (tertiary alicyclic amines) is 1. The van der Waals surface area contributed by atoms with Crippen molar-refractivity contribution in [2.75, 3.05) is 25.1 Å². The molecule has 1 saturated heterocycles. The molecule has 1 aliphatic heterocycles. The zero-order chi connectivity index (χ0) is 17.9. The summed E-state index contributed by atoms with van der Waals surface area (Å²) in [5.74, 6) is -0.0903. The Kier molecular flexibility index (Phi) is 5.86. The maximum absolute atomic E-state index is 13.2. The van der Waals surface area contributed by atoms with Crippen LogP contribution in [0, 0.1) is 19.8 Å². The van der Waals surface area contributed by atoms with Crippen LogP contribution >= 0.6 is 0 Å². The number of rotatable bonds is 3. The van der Waals surface area contributed by atoms with Crippen molar-refractivity contribution >= 4 is 17.7 Å². The lowest BCUT2D eigenvalue weighted by Gasteiger charge is -2.36. The summed E-state index contributed by atoms with van der Waals surface area (Å²) in [6, 6.07) is 6.23. The van der Waals surface area contributed by atoms with Gasteiger partial charge in [0.25, 0.3) is 0 Å². The summed E-state index contributed by atoms with van der Waals surface area (Å²) in [5, 5.41) is 0. The highest BCUT2D eigenvalue weighted by Gasteiger charge is 2.33. The van der Waals surface area contributed by atoms with Crippen LogP contribution in [0.2, 0.25) is 0 Å². The van der Waals surface area contributed by atoms with E-state index in [0.717, 1.165) is 29.7 Å². The van der Waals surface area contributed by atoms with Gasteiger partial charge in [-0.3, -0.25) is 4.79 Å². The average molecular weight is 332 g/mol. The van der Waals surface area contributed by atoms with E-state index < -0.39 is 0 Å². The molecule has 0 saturated carbocycles. The molecular formula is C19H28N2O3. The van der Waals surface area contributed by atoms with Crippen LogP contribution in [0.4, 0.5) is 10.5 Å². The van der Waals surface area contributed by atoms with Gasteiger partial charge in [0.2, 0.25) is 5.91 Å². The second kappa shape index (κ2) is 7.69. The fraction of sp³-hybridized carbons (Fsp3) is 0.579. The van der Waals surface area contributed by atoms with Crippen molar-refractivity contribution in [2.45, 2.75) is 46.6 Å². The molecule has 0 spiro atoms. The first-order valence-corrected chi connectivity index (χ1v) is 8.58. The molecule has 0 aliphatic carbocycles. The number of hydrogen-bond donors (Lipinski definition) is 0. The minimum atomic E-state index is -0.352. The van der Waals surface area contributed by atoms with Crippen LogP contribution < -0.4 is 4.90 Å². The third kappa shape index (κ3) is 3.89. The van der Waals surface area contributed by atoms with Gasteiger partial charge in [0.05, 0.1) is 13.0 Å². The van der Waals surface area contributed by atoms with E-state index in [1.54, 1.807) is 4.90 Å². The van der Waals surface area contributed by atoms with Crippen LogP contribution in [0.3, 0.4) is 0 Å². The van der Waals surface area contributed by atoms with Crippen molar-refractivity contribution in [3.63, 3.8) is 0 Å². The second-order valence-corrected chi connectivity index (χ2v) is 6.85. The average Bonchev–Trinajstić information content (AvgIpc) is 2.57. The van der Waals surface area contributed by atoms with Gasteiger partial charge in [-0.15, -0.1) is 0 Å². The van der Waals surface area contributed by atoms with Crippen molar-refractivity contribution in [3.05, 3.63) is 29.3 Å². The highest BCUT2D eigenvalue weighted by Crippen LogP contribution is 2.28. The molecule has 1 aliphatic rings. The largest absolute Gasteiger partial charge is 0.453 e. The van der Waals surface area contributed by atoms with E-state index >= 15 is 0 Å². The SMILES string of the molecule is COC(=O)N1CCCC(C(=O)N(c2cc(C)ccc2C)C(C)C)C1. The first-order chi connectivity index (χ1) is 11.3. The zero-order valence-corrected chi connectivity index (χ0v) is 15.3. The van der Waals surface area contributed by atoms with Gasteiger partial charge in [-0.2, -0.15) is 0 Å². The fourth-order valence-electron chi connectivity index (χ4n) is 3.30. The molecule has 2 rings (SSSR count). The molecule has 2 amide bonds. The minimum absolute atomic E-state index is 0.0616. The highest BCUT2D eigenvalue weighted by molar-refractivity contribution is 5.96. The summed E-state index contributed by atoms with van der Waals surface area (Å²) in [4.78, 5) is 28.5. The van der Waals surface area contributed by atoms with Crippen molar-refractivity contribution in [1.29, 1.82) is 0 Å². The van der Waals surface area contributed by atoms with Crippen LogP contribution in [-0.4, -0.2) is 43.1 Å². The summed E-state index contributed by atoms with van der Waals surface area (Å²) in [6.07, 6.45) is 1.28. The molecule has 5 heteroatoms. The van der Waals surface area contributed by atoms with Crippen molar-refractivity contribution < 1.29 is 14.3 Å². The number of amides is 2. The molecule has 0 bridgehead atoms. The third-order valence-electron chi connectivity index (χ3n) is 4.58. The summed E-state index contributed by atoms with van der Waals surface area (Å²) < 4.78 is 4.81. The van der Waals surface area contributed by atoms with Gasteiger partial charge in [-0.25, -0.2) is 4.79 Å². The number of aryl methyl sites for hydroxylation is 2. The fourth-order valence-corrected chi connectivity index (χ4v) is 3.30. The summed E-state index contributed by atoms with van der Waals surface area (Å²) in [6.45, 7) is 9.20. The quantitative estimate of drug-likeness (QED) is 0.851. The standard InChI is InChI=1S/C19H28N2O3/c1-13(2)21(17-11-14(3)8-9-15(17)4)18(22)16-7-6-10-20(12-16)19(23)24-5/h8-9,11,13,16H,6-7,10,12H2,1-5H3. The number of ether oxygens (including phenoxy) is 1. The Bertz CT molecular complexity index is 613. The van der Waals surface area contributed by atoms with Gasteiger partial charge in [-0.05, 0) is 57.7 Å². The number of carbonyl (C=O) groups is 2. The van der Waals surface area contributed by atoms with Crippen molar-refractivity contribution in [2.24, 2.45) is 5.92 Å². The van der Waals surface area contributed by atoms with Gasteiger partial charge >= 0.3 is 6.09 Å². The number of carbonyl (C=O) groups excluding carboxylic acids is 2. The summed E-state index contributed by atoms with van der Waals surface area (Å²) in [7, 11) is 1.38. The molecule has 1 atom stereocenters. The number of benzene rings is 1. The van der Waals surface area contributed by atoms with E-state index in [1.807, 2.05) is 32.6 Å². The van der Waals surface area contributed by atoms with Gasteiger partial charge in [0, 0.05) is 24.8 Å². The van der Waals surface area contributed by atoms with Gasteiger partial charge < -0.3 is 14.5 Å². The molecule has 1 fully saturated rings. The number of piperidine rings is 1. The molecule has 5 nitrogen and oxygen atoms in total. The number of anilines is 1. The Morgan fingerprint density at radius 3 is 2.62 bits per heavy atom. The highest BCUT2D eigenvalue weighted by atomic mass is 16.5. The summed E-state index contributed by atoms with van der Waals surface area (Å²) >= 11 is 0. The van der Waals surface area contributed by atoms with Crippen LogP contribution in [0.5, 0.6) is 0 Å².